The van der Waals surface area contributed by atoms with Crippen molar-refractivity contribution in [2.24, 2.45) is 0 Å². The highest BCUT2D eigenvalue weighted by Crippen LogP contribution is 2.23. The number of pyridine rings is 1. The van der Waals surface area contributed by atoms with Gasteiger partial charge in [-0.2, -0.15) is 13.2 Å². The molecule has 1 amide bonds. The quantitative estimate of drug-likeness (QED) is 0.869. The van der Waals surface area contributed by atoms with Crippen molar-refractivity contribution in [3.05, 3.63) is 30.0 Å². The third-order valence-corrected chi connectivity index (χ3v) is 2.24. The molecule has 0 saturated carbocycles. The Morgan fingerprint density at radius 3 is 2.58 bits per heavy atom. The third-order valence-electron chi connectivity index (χ3n) is 2.24. The summed E-state index contributed by atoms with van der Waals surface area (Å²) in [5.74, 6) is -4.42. The highest BCUT2D eigenvalue weighted by molar-refractivity contribution is 6.05. The topological polar surface area (TPSA) is 83.7 Å². The molecule has 0 unspecified atom stereocenters. The number of aromatic carboxylic acids is 1. The molecule has 6 nitrogen and oxygen atoms in total. The molecule has 0 bridgehead atoms. The maximum atomic E-state index is 12.1. The minimum atomic E-state index is -5.12. The van der Waals surface area contributed by atoms with Gasteiger partial charge in [-0.1, -0.05) is 6.07 Å². The van der Waals surface area contributed by atoms with E-state index in [0.29, 0.717) is 0 Å². The fraction of sp³-hybridized carbons (Fsp3) is 0.100. The molecule has 100 valence electrons. The number of carboxylic acid groups (broad SMARTS) is 1. The molecule has 0 fully saturated rings. The van der Waals surface area contributed by atoms with E-state index in [2.05, 4.69) is 5.10 Å². The Morgan fingerprint density at radius 1 is 1.32 bits per heavy atom. The summed E-state index contributed by atoms with van der Waals surface area (Å²) in [5.41, 5.74) is -0.425. The van der Waals surface area contributed by atoms with Crippen LogP contribution in [0.3, 0.4) is 0 Å². The Hall–Kier alpha value is -2.58. The molecule has 0 aliphatic rings. The highest BCUT2D eigenvalue weighted by atomic mass is 19.4. The van der Waals surface area contributed by atoms with Crippen LogP contribution in [0.1, 0.15) is 10.4 Å². The zero-order chi connectivity index (χ0) is 14.2. The minimum Gasteiger partial charge on any atom is -0.477 e. The monoisotopic (exact) mass is 273 g/mol. The summed E-state index contributed by atoms with van der Waals surface area (Å²) >= 11 is 0. The van der Waals surface area contributed by atoms with Crippen molar-refractivity contribution < 1.29 is 27.9 Å². The van der Waals surface area contributed by atoms with E-state index in [1.165, 1.54) is 29.7 Å². The molecule has 0 aromatic carbocycles. The van der Waals surface area contributed by atoms with E-state index in [-0.39, 0.29) is 5.52 Å². The van der Waals surface area contributed by atoms with Crippen LogP contribution in [0.4, 0.5) is 19.0 Å². The van der Waals surface area contributed by atoms with Gasteiger partial charge >= 0.3 is 18.1 Å². The highest BCUT2D eigenvalue weighted by Gasteiger charge is 2.40. The van der Waals surface area contributed by atoms with Gasteiger partial charge in [0.1, 0.15) is 5.56 Å². The number of aromatic nitrogens is 2. The van der Waals surface area contributed by atoms with E-state index >= 15 is 0 Å². The lowest BCUT2D eigenvalue weighted by Gasteiger charge is -2.05. The van der Waals surface area contributed by atoms with Crippen molar-refractivity contribution >= 4 is 23.2 Å². The summed E-state index contributed by atoms with van der Waals surface area (Å²) in [6.45, 7) is 0. The lowest BCUT2D eigenvalue weighted by molar-refractivity contribution is -0.167. The van der Waals surface area contributed by atoms with Crippen molar-refractivity contribution in [1.29, 1.82) is 0 Å². The number of halogens is 3. The Balaban J connectivity index is 2.51. The predicted molar refractivity (Wildman–Crippen MR) is 56.8 cm³/mol. The molecule has 2 aromatic rings. The first-order valence-corrected chi connectivity index (χ1v) is 4.89. The smallest absolute Gasteiger partial charge is 0.471 e. The van der Waals surface area contributed by atoms with Crippen LogP contribution in [0.2, 0.25) is 0 Å². The average Bonchev–Trinajstić information content (AvgIpc) is 2.65. The van der Waals surface area contributed by atoms with Crippen LogP contribution in [0.15, 0.2) is 24.4 Å². The van der Waals surface area contributed by atoms with Gasteiger partial charge in [0.25, 0.3) is 0 Å². The maximum absolute atomic E-state index is 12.1. The number of carbonyl (C=O) groups is 2. The molecule has 2 aromatic heterocycles. The fourth-order valence-electron chi connectivity index (χ4n) is 1.48. The summed E-state index contributed by atoms with van der Waals surface area (Å²) in [7, 11) is 0. The molecule has 2 rings (SSSR count). The fourth-order valence-corrected chi connectivity index (χ4v) is 1.48. The normalized spacial score (nSPS) is 11.5. The average molecular weight is 273 g/mol. The summed E-state index contributed by atoms with van der Waals surface area (Å²) in [5, 5.41) is 14.0. The van der Waals surface area contributed by atoms with E-state index < -0.39 is 29.4 Å². The molecule has 19 heavy (non-hydrogen) atoms. The van der Waals surface area contributed by atoms with Crippen LogP contribution in [0.5, 0.6) is 0 Å². The zero-order valence-corrected chi connectivity index (χ0v) is 9.10. The Morgan fingerprint density at radius 2 is 2.00 bits per heavy atom. The van der Waals surface area contributed by atoms with Crippen LogP contribution in [-0.4, -0.2) is 32.8 Å². The largest absolute Gasteiger partial charge is 0.477 e. The summed E-state index contributed by atoms with van der Waals surface area (Å²) in [6.07, 6.45) is -3.77. The van der Waals surface area contributed by atoms with Gasteiger partial charge in [0, 0.05) is 6.20 Å². The molecular formula is C10H6F3N3O3. The number of carbonyl (C=O) groups excluding carboxylic acids is 1. The second kappa shape index (κ2) is 4.26. The number of fused-ring (bicyclic) bond motifs is 1. The van der Waals surface area contributed by atoms with Gasteiger partial charge in [0.05, 0.1) is 5.52 Å². The third kappa shape index (κ3) is 2.34. The van der Waals surface area contributed by atoms with Crippen LogP contribution >= 0.6 is 0 Å². The number of nitrogens with zero attached hydrogens (tertiary/aromatic N) is 2. The molecule has 0 aliphatic heterocycles. The van der Waals surface area contributed by atoms with Gasteiger partial charge in [-0.3, -0.25) is 4.79 Å². The van der Waals surface area contributed by atoms with Crippen LogP contribution in [0, 0.1) is 0 Å². The first-order valence-electron chi connectivity index (χ1n) is 4.89. The number of anilines is 1. The number of rotatable bonds is 2. The van der Waals surface area contributed by atoms with Gasteiger partial charge < -0.3 is 10.4 Å². The van der Waals surface area contributed by atoms with Crippen LogP contribution < -0.4 is 5.32 Å². The summed E-state index contributed by atoms with van der Waals surface area (Å²) < 4.78 is 37.5. The zero-order valence-electron chi connectivity index (χ0n) is 9.10. The Labute approximate surface area is 103 Å². The molecular weight excluding hydrogens is 267 g/mol. The minimum absolute atomic E-state index is 0.0764. The van der Waals surface area contributed by atoms with Crippen LogP contribution in [-0.2, 0) is 4.79 Å². The Bertz CT molecular complexity index is 663. The summed E-state index contributed by atoms with van der Waals surface area (Å²) in [6, 6.07) is 4.37. The van der Waals surface area contributed by atoms with Crippen LogP contribution in [0.25, 0.3) is 5.52 Å². The first-order chi connectivity index (χ1) is 8.80. The molecule has 0 spiro atoms. The van der Waals surface area contributed by atoms with Gasteiger partial charge in [-0.15, -0.1) is 5.10 Å². The molecule has 0 radical (unpaired) electrons. The second-order valence-corrected chi connectivity index (χ2v) is 3.51. The van der Waals surface area contributed by atoms with E-state index in [4.69, 9.17) is 5.11 Å². The van der Waals surface area contributed by atoms with E-state index in [0.717, 1.165) is 4.52 Å². The van der Waals surface area contributed by atoms with Gasteiger partial charge in [-0.25, -0.2) is 9.31 Å². The Kier molecular flexibility index (Phi) is 2.89. The molecule has 0 atom stereocenters. The molecule has 9 heteroatoms. The first kappa shape index (κ1) is 12.9. The SMILES string of the molecule is O=C(O)c1c(NC(=O)C(F)(F)F)nn2ccccc12. The van der Waals surface area contributed by atoms with Crippen molar-refractivity contribution in [2.75, 3.05) is 5.32 Å². The van der Waals surface area contributed by atoms with E-state index in [1.807, 2.05) is 0 Å². The summed E-state index contributed by atoms with van der Waals surface area (Å²) in [4.78, 5) is 21.8. The van der Waals surface area contributed by atoms with Gasteiger partial charge in [-0.05, 0) is 12.1 Å². The number of alkyl halides is 3. The lowest BCUT2D eigenvalue weighted by Crippen LogP contribution is -2.30. The molecule has 2 N–H and O–H groups in total. The molecule has 0 aliphatic carbocycles. The van der Waals surface area contributed by atoms with Crippen molar-refractivity contribution in [2.45, 2.75) is 6.18 Å². The van der Waals surface area contributed by atoms with Crippen molar-refractivity contribution in [3.8, 4) is 0 Å². The molecule has 0 saturated heterocycles. The maximum Gasteiger partial charge on any atom is 0.471 e. The number of hydrogen-bond donors (Lipinski definition) is 2. The second-order valence-electron chi connectivity index (χ2n) is 3.51. The number of hydrogen-bond acceptors (Lipinski definition) is 3. The predicted octanol–water partition coefficient (Wildman–Crippen LogP) is 1.53. The standard InChI is InChI=1S/C10H6F3N3O3/c11-10(12,13)9(19)14-7-6(8(17)18)5-3-1-2-4-16(5)15-7/h1-4H,(H,17,18)(H,14,15,19). The number of nitrogens with one attached hydrogen (secondary N) is 1. The van der Waals surface area contributed by atoms with E-state index in [1.54, 1.807) is 0 Å². The van der Waals surface area contributed by atoms with Gasteiger partial charge in [0.2, 0.25) is 0 Å². The van der Waals surface area contributed by atoms with Crippen molar-refractivity contribution in [1.82, 2.24) is 9.61 Å². The van der Waals surface area contributed by atoms with E-state index in [9.17, 15) is 22.8 Å². The van der Waals surface area contributed by atoms with Crippen molar-refractivity contribution in [3.63, 3.8) is 0 Å². The van der Waals surface area contributed by atoms with Gasteiger partial charge in [0.15, 0.2) is 5.82 Å². The lowest BCUT2D eigenvalue weighted by atomic mass is 10.2. The molecule has 2 heterocycles. The number of amides is 1. The number of carboxylic acids is 1.